The quantitative estimate of drug-likeness (QED) is 0.718. The Labute approximate surface area is 137 Å². The highest BCUT2D eigenvalue weighted by Gasteiger charge is 2.11. The second-order valence-electron chi connectivity index (χ2n) is 4.55. The minimum atomic E-state index is -0.132. The van der Waals surface area contributed by atoms with Crippen molar-refractivity contribution in [2.75, 3.05) is 5.32 Å². The number of nitrogens with one attached hydrogen (secondary N) is 1. The van der Waals surface area contributed by atoms with Crippen molar-refractivity contribution in [1.82, 2.24) is 0 Å². The molecule has 0 radical (unpaired) electrons. The number of carbonyl (C=O) groups excluding carboxylic acids is 1. The minimum absolute atomic E-state index is 0.132. The van der Waals surface area contributed by atoms with Gasteiger partial charge in [0.25, 0.3) is 5.91 Å². The summed E-state index contributed by atoms with van der Waals surface area (Å²) in [4.78, 5) is 12.3. The molecule has 1 N–H and O–H groups in total. The van der Waals surface area contributed by atoms with Gasteiger partial charge in [-0.15, -0.1) is 0 Å². The van der Waals surface area contributed by atoms with Crippen LogP contribution in [0.4, 0.5) is 5.69 Å². The fraction of sp³-hybridized carbons (Fsp3) is 0.188. The molecule has 2 aromatic carbocycles. The molecule has 0 aliphatic heterocycles. The smallest absolute Gasteiger partial charge is 0.255 e. The molecule has 0 atom stereocenters. The fourth-order valence-corrected chi connectivity index (χ4v) is 2.54. The van der Waals surface area contributed by atoms with Crippen LogP contribution < -0.4 is 5.32 Å². The zero-order valence-electron chi connectivity index (χ0n) is 11.3. The fourth-order valence-electron chi connectivity index (χ4n) is 2.03. The van der Waals surface area contributed by atoms with Gasteiger partial charge >= 0.3 is 0 Å². The summed E-state index contributed by atoms with van der Waals surface area (Å²) in [5.41, 5.74) is 3.67. The average molecular weight is 400 g/mol. The number of hydrogen-bond donors (Lipinski definition) is 1. The third kappa shape index (κ3) is 3.33. The predicted octanol–water partition coefficient (Wildman–Crippen LogP) is 5.07. The van der Waals surface area contributed by atoms with Gasteiger partial charge in [-0.05, 0) is 65.3 Å². The van der Waals surface area contributed by atoms with Crippen molar-refractivity contribution in [2.24, 2.45) is 0 Å². The van der Waals surface area contributed by atoms with Crippen LogP contribution in [0, 0.1) is 10.5 Å². The Morgan fingerprint density at radius 3 is 2.70 bits per heavy atom. The van der Waals surface area contributed by atoms with E-state index in [1.807, 2.05) is 31.2 Å². The Morgan fingerprint density at radius 1 is 1.30 bits per heavy atom. The van der Waals surface area contributed by atoms with Gasteiger partial charge in [-0.1, -0.05) is 36.7 Å². The van der Waals surface area contributed by atoms with Gasteiger partial charge in [0.2, 0.25) is 0 Å². The summed E-state index contributed by atoms with van der Waals surface area (Å²) in [5, 5.41) is 3.59. The van der Waals surface area contributed by atoms with E-state index in [9.17, 15) is 4.79 Å². The first-order chi connectivity index (χ1) is 9.52. The third-order valence-corrected chi connectivity index (χ3v) is 4.73. The highest BCUT2D eigenvalue weighted by atomic mass is 127. The lowest BCUT2D eigenvalue weighted by Gasteiger charge is -2.13. The molecule has 20 heavy (non-hydrogen) atoms. The Kier molecular flexibility index (Phi) is 5.05. The molecule has 4 heteroatoms. The summed E-state index contributed by atoms with van der Waals surface area (Å²) < 4.78 is 0.936. The molecule has 0 unspecified atom stereocenters. The molecule has 2 rings (SSSR count). The second-order valence-corrected chi connectivity index (χ2v) is 6.11. The second kappa shape index (κ2) is 6.59. The summed E-state index contributed by atoms with van der Waals surface area (Å²) in [7, 11) is 0. The molecule has 0 heterocycles. The minimum Gasteiger partial charge on any atom is -0.321 e. The topological polar surface area (TPSA) is 29.1 Å². The number of anilines is 1. The first kappa shape index (κ1) is 15.3. The van der Waals surface area contributed by atoms with Crippen LogP contribution in [0.5, 0.6) is 0 Å². The van der Waals surface area contributed by atoms with Crippen molar-refractivity contribution in [3.05, 3.63) is 61.7 Å². The van der Waals surface area contributed by atoms with E-state index < -0.39 is 0 Å². The molecule has 0 saturated carbocycles. The summed E-state index contributed by atoms with van der Waals surface area (Å²) in [6.45, 7) is 4.07. The van der Waals surface area contributed by atoms with Crippen molar-refractivity contribution in [2.45, 2.75) is 20.3 Å². The maximum atomic E-state index is 12.3. The molecule has 0 bridgehead atoms. The molecule has 2 aromatic rings. The van der Waals surface area contributed by atoms with Gasteiger partial charge in [-0.25, -0.2) is 0 Å². The Morgan fingerprint density at radius 2 is 2.05 bits per heavy atom. The van der Waals surface area contributed by atoms with E-state index in [4.69, 9.17) is 11.6 Å². The summed E-state index contributed by atoms with van der Waals surface area (Å²) in [6.07, 6.45) is 0.880. The van der Waals surface area contributed by atoms with Gasteiger partial charge in [0.1, 0.15) is 0 Å². The van der Waals surface area contributed by atoms with E-state index in [2.05, 4.69) is 34.8 Å². The zero-order valence-corrected chi connectivity index (χ0v) is 14.2. The SMILES string of the molecule is CCc1cccc(C)c1NC(=O)c1ccc(I)c(Cl)c1. The first-order valence-corrected chi connectivity index (χ1v) is 7.83. The summed E-state index contributed by atoms with van der Waals surface area (Å²) >= 11 is 8.20. The highest BCUT2D eigenvalue weighted by Crippen LogP contribution is 2.23. The highest BCUT2D eigenvalue weighted by molar-refractivity contribution is 14.1. The van der Waals surface area contributed by atoms with Crippen LogP contribution in [0.2, 0.25) is 5.02 Å². The number of para-hydroxylation sites is 1. The maximum Gasteiger partial charge on any atom is 0.255 e. The van der Waals surface area contributed by atoms with E-state index in [1.54, 1.807) is 12.1 Å². The number of rotatable bonds is 3. The molecule has 2 nitrogen and oxygen atoms in total. The Bertz CT molecular complexity index is 655. The van der Waals surface area contributed by atoms with Gasteiger partial charge in [0.15, 0.2) is 0 Å². The number of halogens is 2. The van der Waals surface area contributed by atoms with E-state index in [0.717, 1.165) is 26.8 Å². The number of amides is 1. The summed E-state index contributed by atoms with van der Waals surface area (Å²) in [5.74, 6) is -0.132. The van der Waals surface area contributed by atoms with Gasteiger partial charge in [0, 0.05) is 14.8 Å². The molecule has 1 amide bonds. The standard InChI is InChI=1S/C16H15ClINO/c1-3-11-6-4-5-10(2)15(11)19-16(20)12-7-8-14(18)13(17)9-12/h4-9H,3H2,1-2H3,(H,19,20). The van der Waals surface area contributed by atoms with E-state index in [-0.39, 0.29) is 5.91 Å². The van der Waals surface area contributed by atoms with Crippen molar-refractivity contribution in [3.8, 4) is 0 Å². The van der Waals surface area contributed by atoms with Crippen molar-refractivity contribution >= 4 is 45.8 Å². The third-order valence-electron chi connectivity index (χ3n) is 3.16. The van der Waals surface area contributed by atoms with Crippen LogP contribution in [-0.2, 0) is 6.42 Å². The van der Waals surface area contributed by atoms with Crippen LogP contribution in [0.25, 0.3) is 0 Å². The summed E-state index contributed by atoms with van der Waals surface area (Å²) in [6, 6.07) is 11.4. The zero-order chi connectivity index (χ0) is 14.7. The average Bonchev–Trinajstić information content (AvgIpc) is 2.44. The van der Waals surface area contributed by atoms with Crippen LogP contribution in [0.3, 0.4) is 0 Å². The predicted molar refractivity (Wildman–Crippen MR) is 92.7 cm³/mol. The van der Waals surface area contributed by atoms with Gasteiger partial charge in [-0.2, -0.15) is 0 Å². The lowest BCUT2D eigenvalue weighted by Crippen LogP contribution is -2.14. The van der Waals surface area contributed by atoms with Gasteiger partial charge in [-0.3, -0.25) is 4.79 Å². The van der Waals surface area contributed by atoms with Crippen LogP contribution >= 0.6 is 34.2 Å². The van der Waals surface area contributed by atoms with Crippen molar-refractivity contribution < 1.29 is 4.79 Å². The van der Waals surface area contributed by atoms with E-state index >= 15 is 0 Å². The molecule has 104 valence electrons. The number of hydrogen-bond acceptors (Lipinski definition) is 1. The van der Waals surface area contributed by atoms with Crippen LogP contribution in [0.1, 0.15) is 28.4 Å². The molecule has 0 aliphatic rings. The Hall–Kier alpha value is -1.07. The van der Waals surface area contributed by atoms with Crippen molar-refractivity contribution in [3.63, 3.8) is 0 Å². The van der Waals surface area contributed by atoms with Crippen LogP contribution in [0.15, 0.2) is 36.4 Å². The van der Waals surface area contributed by atoms with E-state index in [0.29, 0.717) is 10.6 Å². The van der Waals surface area contributed by atoms with Gasteiger partial charge in [0.05, 0.1) is 5.02 Å². The molecule has 0 spiro atoms. The lowest BCUT2D eigenvalue weighted by molar-refractivity contribution is 0.102. The normalized spacial score (nSPS) is 10.4. The molecule has 0 fully saturated rings. The molecule has 0 aliphatic carbocycles. The number of aryl methyl sites for hydroxylation is 2. The first-order valence-electron chi connectivity index (χ1n) is 6.37. The number of benzene rings is 2. The lowest BCUT2D eigenvalue weighted by atomic mass is 10.1. The molecule has 0 saturated heterocycles. The van der Waals surface area contributed by atoms with Crippen LogP contribution in [-0.4, -0.2) is 5.91 Å². The molecule has 0 aromatic heterocycles. The Balaban J connectivity index is 2.30. The number of carbonyl (C=O) groups is 1. The molecular weight excluding hydrogens is 385 g/mol. The molecular formula is C16H15ClINO. The van der Waals surface area contributed by atoms with E-state index in [1.165, 1.54) is 0 Å². The van der Waals surface area contributed by atoms with Gasteiger partial charge < -0.3 is 5.32 Å². The maximum absolute atomic E-state index is 12.3. The van der Waals surface area contributed by atoms with Crippen molar-refractivity contribution in [1.29, 1.82) is 0 Å². The largest absolute Gasteiger partial charge is 0.321 e. The monoisotopic (exact) mass is 399 g/mol.